The molecule has 2 aromatic rings. The number of likely N-dealkylation sites (N-methyl/N-ethyl adjacent to an activating group) is 1. The van der Waals surface area contributed by atoms with Crippen LogP contribution in [0.15, 0.2) is 42.5 Å². The summed E-state index contributed by atoms with van der Waals surface area (Å²) in [7, 11) is 1.64. The van der Waals surface area contributed by atoms with Gasteiger partial charge < -0.3 is 10.0 Å². The van der Waals surface area contributed by atoms with E-state index in [4.69, 9.17) is 11.6 Å². The largest absolute Gasteiger partial charge is 0.372 e. The summed E-state index contributed by atoms with van der Waals surface area (Å²) in [4.78, 5) is 14.0. The van der Waals surface area contributed by atoms with Gasteiger partial charge in [0.1, 0.15) is 0 Å². The van der Waals surface area contributed by atoms with E-state index in [2.05, 4.69) is 0 Å². The van der Waals surface area contributed by atoms with Gasteiger partial charge in [0.2, 0.25) is 0 Å². The van der Waals surface area contributed by atoms with Crippen molar-refractivity contribution in [3.05, 3.63) is 64.2 Å². The maximum absolute atomic E-state index is 12.5. The van der Waals surface area contributed by atoms with Crippen molar-refractivity contribution in [3.8, 4) is 0 Å². The van der Waals surface area contributed by atoms with Crippen molar-refractivity contribution in [1.82, 2.24) is 0 Å². The summed E-state index contributed by atoms with van der Waals surface area (Å²) in [5.74, 6) is -0.362. The molecule has 2 aromatic carbocycles. The Morgan fingerprint density at radius 3 is 2.45 bits per heavy atom. The molecule has 0 fully saturated rings. The van der Waals surface area contributed by atoms with Gasteiger partial charge in [-0.05, 0) is 24.6 Å². The number of fused-ring (bicyclic) bond motifs is 1. The number of amides is 1. The van der Waals surface area contributed by atoms with E-state index in [1.165, 1.54) is 4.90 Å². The third-order valence-electron chi connectivity index (χ3n) is 3.79. The summed E-state index contributed by atoms with van der Waals surface area (Å²) in [6, 6.07) is 12.4. The van der Waals surface area contributed by atoms with Crippen LogP contribution in [0.1, 0.15) is 16.7 Å². The lowest BCUT2D eigenvalue weighted by molar-refractivity contribution is -0.131. The van der Waals surface area contributed by atoms with Gasteiger partial charge in [0.25, 0.3) is 5.91 Å². The molecule has 0 aromatic heterocycles. The summed E-state index contributed by atoms with van der Waals surface area (Å²) >= 11 is 5.98. The molecule has 3 nitrogen and oxygen atoms in total. The highest BCUT2D eigenvalue weighted by atomic mass is 35.5. The van der Waals surface area contributed by atoms with Crippen molar-refractivity contribution >= 4 is 23.2 Å². The minimum absolute atomic E-state index is 0.362. The molecule has 1 amide bonds. The van der Waals surface area contributed by atoms with Crippen LogP contribution in [0.2, 0.25) is 5.02 Å². The van der Waals surface area contributed by atoms with Gasteiger partial charge in [0, 0.05) is 17.6 Å². The Hall–Kier alpha value is -1.84. The highest BCUT2D eigenvalue weighted by molar-refractivity contribution is 6.31. The fraction of sp³-hybridized carbons (Fsp3) is 0.188. The molecule has 0 saturated carbocycles. The van der Waals surface area contributed by atoms with Crippen LogP contribution in [0.25, 0.3) is 0 Å². The van der Waals surface area contributed by atoms with Crippen molar-refractivity contribution in [2.75, 3.05) is 11.9 Å². The molecule has 1 aliphatic heterocycles. The fourth-order valence-electron chi connectivity index (χ4n) is 2.63. The van der Waals surface area contributed by atoms with Crippen LogP contribution in [-0.4, -0.2) is 18.1 Å². The maximum atomic E-state index is 12.5. The number of anilines is 1. The zero-order valence-electron chi connectivity index (χ0n) is 11.2. The number of benzene rings is 2. The number of carbonyl (C=O) groups excluding carboxylic acids is 1. The first-order valence-electron chi connectivity index (χ1n) is 6.32. The van der Waals surface area contributed by atoms with Crippen molar-refractivity contribution in [2.45, 2.75) is 12.5 Å². The van der Waals surface area contributed by atoms with Crippen LogP contribution in [0.3, 0.4) is 0 Å². The topological polar surface area (TPSA) is 40.5 Å². The number of hydrogen-bond donors (Lipinski definition) is 1. The summed E-state index contributed by atoms with van der Waals surface area (Å²) in [6.45, 7) is 1.96. The normalized spacial score (nSPS) is 21.2. The van der Waals surface area contributed by atoms with E-state index in [1.807, 2.05) is 19.1 Å². The Bertz CT molecular complexity index is 696. The zero-order chi connectivity index (χ0) is 14.5. The van der Waals surface area contributed by atoms with Gasteiger partial charge in [-0.2, -0.15) is 0 Å². The second kappa shape index (κ2) is 4.33. The Balaban J connectivity index is 2.24. The molecule has 0 radical (unpaired) electrons. The molecule has 1 heterocycles. The van der Waals surface area contributed by atoms with Crippen LogP contribution in [0.4, 0.5) is 5.69 Å². The minimum atomic E-state index is -1.64. The third kappa shape index (κ3) is 1.67. The second-order valence-electron chi connectivity index (χ2n) is 5.10. The highest BCUT2D eigenvalue weighted by Gasteiger charge is 2.49. The number of hydrogen-bond acceptors (Lipinski definition) is 2. The van der Waals surface area contributed by atoms with Gasteiger partial charge in [0.05, 0.1) is 5.69 Å². The molecule has 20 heavy (non-hydrogen) atoms. The summed E-state index contributed by atoms with van der Waals surface area (Å²) in [5, 5.41) is 11.5. The van der Waals surface area contributed by atoms with E-state index in [0.717, 1.165) is 5.56 Å². The number of aliphatic hydroxyl groups is 1. The van der Waals surface area contributed by atoms with Crippen LogP contribution >= 0.6 is 11.6 Å². The quantitative estimate of drug-likeness (QED) is 0.876. The molecule has 0 saturated heterocycles. The second-order valence-corrected chi connectivity index (χ2v) is 5.54. The highest BCUT2D eigenvalue weighted by Crippen LogP contribution is 2.44. The number of carbonyl (C=O) groups is 1. The van der Waals surface area contributed by atoms with E-state index >= 15 is 0 Å². The molecular weight excluding hydrogens is 274 g/mol. The average molecular weight is 288 g/mol. The standard InChI is InChI=1S/C16H14ClNO2/c1-10-3-5-11(6-4-10)16(20)13-8-7-12(17)9-14(13)18(2)15(16)19/h3-9,20H,1-2H3/t16-/m0/s1. The summed E-state index contributed by atoms with van der Waals surface area (Å²) < 4.78 is 0. The van der Waals surface area contributed by atoms with Gasteiger partial charge in [-0.1, -0.05) is 47.5 Å². The molecule has 0 unspecified atom stereocenters. The fourth-order valence-corrected chi connectivity index (χ4v) is 2.80. The zero-order valence-corrected chi connectivity index (χ0v) is 12.0. The molecule has 1 N–H and O–H groups in total. The molecular formula is C16H14ClNO2. The van der Waals surface area contributed by atoms with E-state index in [1.54, 1.807) is 37.4 Å². The lowest BCUT2D eigenvalue weighted by Gasteiger charge is -2.22. The number of halogens is 1. The Labute approximate surface area is 122 Å². The third-order valence-corrected chi connectivity index (χ3v) is 4.03. The first kappa shape index (κ1) is 13.2. The molecule has 0 spiro atoms. The van der Waals surface area contributed by atoms with E-state index in [0.29, 0.717) is 21.8 Å². The lowest BCUT2D eigenvalue weighted by Crippen LogP contribution is -2.39. The molecule has 4 heteroatoms. The average Bonchev–Trinajstić information content (AvgIpc) is 2.62. The molecule has 1 aliphatic rings. The Kier molecular flexibility index (Phi) is 2.85. The van der Waals surface area contributed by atoms with Gasteiger partial charge >= 0.3 is 0 Å². The SMILES string of the molecule is Cc1ccc([C@@]2(O)C(=O)N(C)c3cc(Cl)ccc32)cc1. The van der Waals surface area contributed by atoms with Crippen LogP contribution < -0.4 is 4.90 Å². The Morgan fingerprint density at radius 1 is 1.15 bits per heavy atom. The first-order valence-corrected chi connectivity index (χ1v) is 6.70. The van der Waals surface area contributed by atoms with Gasteiger partial charge in [0.15, 0.2) is 5.60 Å². The van der Waals surface area contributed by atoms with E-state index in [-0.39, 0.29) is 5.91 Å². The molecule has 0 bridgehead atoms. The predicted molar refractivity (Wildman–Crippen MR) is 79.0 cm³/mol. The first-order chi connectivity index (χ1) is 9.44. The van der Waals surface area contributed by atoms with E-state index < -0.39 is 5.60 Å². The number of rotatable bonds is 1. The summed E-state index contributed by atoms with van der Waals surface area (Å²) in [5.41, 5.74) is 1.22. The van der Waals surface area contributed by atoms with Crippen molar-refractivity contribution in [1.29, 1.82) is 0 Å². The Morgan fingerprint density at radius 2 is 1.80 bits per heavy atom. The maximum Gasteiger partial charge on any atom is 0.268 e. The van der Waals surface area contributed by atoms with Crippen molar-refractivity contribution < 1.29 is 9.90 Å². The number of aryl methyl sites for hydroxylation is 1. The van der Waals surface area contributed by atoms with Crippen molar-refractivity contribution in [3.63, 3.8) is 0 Å². The van der Waals surface area contributed by atoms with Crippen LogP contribution in [-0.2, 0) is 10.4 Å². The number of nitrogens with zero attached hydrogens (tertiary/aromatic N) is 1. The minimum Gasteiger partial charge on any atom is -0.372 e. The van der Waals surface area contributed by atoms with E-state index in [9.17, 15) is 9.90 Å². The van der Waals surface area contributed by atoms with Gasteiger partial charge in [-0.15, -0.1) is 0 Å². The van der Waals surface area contributed by atoms with Gasteiger partial charge in [-0.3, -0.25) is 4.79 Å². The monoisotopic (exact) mass is 287 g/mol. The molecule has 0 aliphatic carbocycles. The lowest BCUT2D eigenvalue weighted by atomic mass is 9.87. The van der Waals surface area contributed by atoms with Crippen molar-refractivity contribution in [2.24, 2.45) is 0 Å². The van der Waals surface area contributed by atoms with Crippen LogP contribution in [0, 0.1) is 6.92 Å². The van der Waals surface area contributed by atoms with Gasteiger partial charge in [-0.25, -0.2) is 0 Å². The molecule has 1 atom stereocenters. The summed E-state index contributed by atoms with van der Waals surface area (Å²) in [6.07, 6.45) is 0. The predicted octanol–water partition coefficient (Wildman–Crippen LogP) is 2.86. The smallest absolute Gasteiger partial charge is 0.268 e. The molecule has 102 valence electrons. The molecule has 3 rings (SSSR count). The van der Waals surface area contributed by atoms with Crippen LogP contribution in [0.5, 0.6) is 0 Å².